The lowest BCUT2D eigenvalue weighted by atomic mass is 9.97. The predicted octanol–water partition coefficient (Wildman–Crippen LogP) is 5.15. The lowest BCUT2D eigenvalue weighted by molar-refractivity contribution is 0.214. The van der Waals surface area contributed by atoms with Gasteiger partial charge in [0.25, 0.3) is 0 Å². The number of rotatable bonds is 3. The molecule has 1 atom stereocenters. The summed E-state index contributed by atoms with van der Waals surface area (Å²) in [6.45, 7) is 1.87. The largest absolute Gasteiger partial charge is 0.495 e. The molecule has 1 N–H and O–H groups in total. The standard InChI is InChI=1S/C15H13BrCl2O2/c1-8-10(4-3-5-13(8)18)14(19)11-6-9(17)7-12(16)15(11)20-2/h3-7,14,19H,1-2H3. The fourth-order valence-corrected chi connectivity index (χ4v) is 3.26. The molecule has 2 rings (SSSR count). The van der Waals surface area contributed by atoms with Gasteiger partial charge in [0.05, 0.1) is 11.6 Å². The molecule has 2 aromatic carbocycles. The van der Waals surface area contributed by atoms with Gasteiger partial charge >= 0.3 is 0 Å². The van der Waals surface area contributed by atoms with E-state index in [0.717, 1.165) is 11.1 Å². The molecular weight excluding hydrogens is 363 g/mol. The van der Waals surface area contributed by atoms with E-state index in [0.29, 0.717) is 25.8 Å². The first-order valence-corrected chi connectivity index (χ1v) is 7.46. The monoisotopic (exact) mass is 374 g/mol. The van der Waals surface area contributed by atoms with Gasteiger partial charge < -0.3 is 9.84 Å². The lowest BCUT2D eigenvalue weighted by Crippen LogP contribution is -2.05. The summed E-state index contributed by atoms with van der Waals surface area (Å²) >= 11 is 15.5. The van der Waals surface area contributed by atoms with Crippen molar-refractivity contribution < 1.29 is 9.84 Å². The highest BCUT2D eigenvalue weighted by Gasteiger charge is 2.20. The van der Waals surface area contributed by atoms with Gasteiger partial charge in [0.1, 0.15) is 11.9 Å². The van der Waals surface area contributed by atoms with E-state index in [9.17, 15) is 5.11 Å². The van der Waals surface area contributed by atoms with E-state index in [1.807, 2.05) is 13.0 Å². The number of benzene rings is 2. The van der Waals surface area contributed by atoms with E-state index in [1.165, 1.54) is 0 Å². The van der Waals surface area contributed by atoms with Crippen molar-refractivity contribution >= 4 is 39.1 Å². The molecule has 0 spiro atoms. The Balaban J connectivity index is 2.58. The first-order valence-electron chi connectivity index (χ1n) is 5.91. The molecular formula is C15H13BrCl2O2. The summed E-state index contributed by atoms with van der Waals surface area (Å²) in [5.74, 6) is 0.557. The third kappa shape index (κ3) is 2.96. The highest BCUT2D eigenvalue weighted by Crippen LogP contribution is 2.39. The zero-order chi connectivity index (χ0) is 14.9. The molecule has 0 bridgehead atoms. The molecule has 0 aromatic heterocycles. The highest BCUT2D eigenvalue weighted by atomic mass is 79.9. The first-order chi connectivity index (χ1) is 9.45. The average molecular weight is 376 g/mol. The van der Waals surface area contributed by atoms with Gasteiger partial charge in [-0.3, -0.25) is 0 Å². The Labute approximate surface area is 136 Å². The van der Waals surface area contributed by atoms with Crippen LogP contribution in [0.2, 0.25) is 10.0 Å². The number of aliphatic hydroxyl groups excluding tert-OH is 1. The van der Waals surface area contributed by atoms with E-state index < -0.39 is 6.10 Å². The van der Waals surface area contributed by atoms with Crippen molar-refractivity contribution in [2.45, 2.75) is 13.0 Å². The maximum Gasteiger partial charge on any atom is 0.139 e. The average Bonchev–Trinajstić information content (AvgIpc) is 2.40. The summed E-state index contributed by atoms with van der Waals surface area (Å²) in [5.41, 5.74) is 2.15. The van der Waals surface area contributed by atoms with Crippen LogP contribution in [0.4, 0.5) is 0 Å². The van der Waals surface area contributed by atoms with Crippen molar-refractivity contribution in [3.63, 3.8) is 0 Å². The Hall–Kier alpha value is -0.740. The van der Waals surface area contributed by atoms with Crippen LogP contribution in [-0.4, -0.2) is 12.2 Å². The van der Waals surface area contributed by atoms with E-state index in [4.69, 9.17) is 27.9 Å². The molecule has 106 valence electrons. The molecule has 5 heteroatoms. The predicted molar refractivity (Wildman–Crippen MR) is 86.0 cm³/mol. The SMILES string of the molecule is COc1c(Br)cc(Cl)cc1C(O)c1cccc(Cl)c1C. The minimum absolute atomic E-state index is 0.520. The Kier molecular flexibility index (Phi) is 4.97. The van der Waals surface area contributed by atoms with Crippen molar-refractivity contribution in [1.82, 2.24) is 0 Å². The van der Waals surface area contributed by atoms with Gasteiger partial charge in [-0.2, -0.15) is 0 Å². The third-order valence-corrected chi connectivity index (χ3v) is 4.36. The van der Waals surface area contributed by atoms with Gasteiger partial charge in [-0.1, -0.05) is 35.3 Å². The van der Waals surface area contributed by atoms with Crippen LogP contribution in [0, 0.1) is 6.92 Å². The summed E-state index contributed by atoms with van der Waals surface area (Å²) in [6.07, 6.45) is -0.862. The number of hydrogen-bond donors (Lipinski definition) is 1. The molecule has 0 saturated carbocycles. The first kappa shape index (κ1) is 15.6. The van der Waals surface area contributed by atoms with Crippen LogP contribution in [0.25, 0.3) is 0 Å². The van der Waals surface area contributed by atoms with E-state index in [-0.39, 0.29) is 0 Å². The Morgan fingerprint density at radius 2 is 1.90 bits per heavy atom. The van der Waals surface area contributed by atoms with Crippen LogP contribution in [0.5, 0.6) is 5.75 Å². The summed E-state index contributed by atoms with van der Waals surface area (Å²) in [4.78, 5) is 0. The molecule has 0 aliphatic carbocycles. The third-order valence-electron chi connectivity index (χ3n) is 3.14. The Morgan fingerprint density at radius 1 is 1.20 bits per heavy atom. The minimum atomic E-state index is -0.862. The van der Waals surface area contributed by atoms with Crippen molar-refractivity contribution in [3.8, 4) is 5.75 Å². The zero-order valence-corrected chi connectivity index (χ0v) is 14.1. The fourth-order valence-electron chi connectivity index (χ4n) is 2.09. The number of aliphatic hydroxyl groups is 1. The number of methoxy groups -OCH3 is 1. The zero-order valence-electron chi connectivity index (χ0n) is 11.0. The van der Waals surface area contributed by atoms with Crippen molar-refractivity contribution in [2.75, 3.05) is 7.11 Å². The Bertz CT molecular complexity index is 644. The van der Waals surface area contributed by atoms with Crippen LogP contribution >= 0.6 is 39.1 Å². The van der Waals surface area contributed by atoms with Crippen LogP contribution in [0.1, 0.15) is 22.8 Å². The highest BCUT2D eigenvalue weighted by molar-refractivity contribution is 9.10. The van der Waals surface area contributed by atoms with Gasteiger partial charge in [-0.05, 0) is 52.2 Å². The smallest absolute Gasteiger partial charge is 0.139 e. The minimum Gasteiger partial charge on any atom is -0.495 e. The van der Waals surface area contributed by atoms with E-state index in [1.54, 1.807) is 31.4 Å². The molecule has 2 nitrogen and oxygen atoms in total. The molecule has 1 unspecified atom stereocenters. The normalized spacial score (nSPS) is 12.3. The second-order valence-corrected chi connectivity index (χ2v) is 6.06. The summed E-state index contributed by atoms with van der Waals surface area (Å²) in [7, 11) is 1.55. The van der Waals surface area contributed by atoms with Gasteiger partial charge in [0.15, 0.2) is 0 Å². The van der Waals surface area contributed by atoms with Crippen molar-refractivity contribution in [1.29, 1.82) is 0 Å². The maximum absolute atomic E-state index is 10.6. The number of ether oxygens (including phenoxy) is 1. The number of halogens is 3. The summed E-state index contributed by atoms with van der Waals surface area (Å²) in [5, 5.41) is 11.8. The second-order valence-electron chi connectivity index (χ2n) is 4.37. The molecule has 0 radical (unpaired) electrons. The quantitative estimate of drug-likeness (QED) is 0.803. The van der Waals surface area contributed by atoms with Crippen LogP contribution in [0.3, 0.4) is 0 Å². The van der Waals surface area contributed by atoms with Crippen LogP contribution in [-0.2, 0) is 0 Å². The molecule has 0 aliphatic rings. The van der Waals surface area contributed by atoms with Gasteiger partial charge in [0.2, 0.25) is 0 Å². The maximum atomic E-state index is 10.6. The van der Waals surface area contributed by atoms with E-state index in [2.05, 4.69) is 15.9 Å². The fraction of sp³-hybridized carbons (Fsp3) is 0.200. The van der Waals surface area contributed by atoms with Gasteiger partial charge in [0, 0.05) is 15.6 Å². The summed E-state index contributed by atoms with van der Waals surface area (Å²) < 4.78 is 6.04. The molecule has 0 fully saturated rings. The van der Waals surface area contributed by atoms with Crippen molar-refractivity contribution in [2.24, 2.45) is 0 Å². The van der Waals surface area contributed by atoms with Gasteiger partial charge in [-0.15, -0.1) is 0 Å². The van der Waals surface area contributed by atoms with Crippen LogP contribution in [0.15, 0.2) is 34.8 Å². The molecule has 0 saturated heterocycles. The summed E-state index contributed by atoms with van der Waals surface area (Å²) in [6, 6.07) is 8.84. The molecule has 2 aromatic rings. The molecule has 20 heavy (non-hydrogen) atoms. The lowest BCUT2D eigenvalue weighted by Gasteiger charge is -2.19. The molecule has 0 heterocycles. The molecule has 0 amide bonds. The Morgan fingerprint density at radius 3 is 2.55 bits per heavy atom. The van der Waals surface area contributed by atoms with Crippen LogP contribution < -0.4 is 4.74 Å². The molecule has 0 aliphatic heterocycles. The number of hydrogen-bond acceptors (Lipinski definition) is 2. The second kappa shape index (κ2) is 6.35. The van der Waals surface area contributed by atoms with Crippen molar-refractivity contribution in [3.05, 3.63) is 61.5 Å². The van der Waals surface area contributed by atoms with E-state index >= 15 is 0 Å². The topological polar surface area (TPSA) is 29.5 Å². The van der Waals surface area contributed by atoms with Gasteiger partial charge in [-0.25, -0.2) is 0 Å².